The van der Waals surface area contributed by atoms with E-state index in [1.807, 2.05) is 11.5 Å². The molecule has 0 aliphatic heterocycles. The summed E-state index contributed by atoms with van der Waals surface area (Å²) < 4.78 is 26.6. The fraction of sp³-hybridized carbons (Fsp3) is 0.308. The van der Waals surface area contributed by atoms with Gasteiger partial charge in [-0.15, -0.1) is 0 Å². The molecule has 1 N–H and O–H groups in total. The molecular weight excluding hydrogens is 238 g/mol. The number of hydrogen-bond donors (Lipinski definition) is 1. The van der Waals surface area contributed by atoms with Crippen LogP contribution >= 0.6 is 0 Å². The number of hydrogen-bond acceptors (Lipinski definition) is 2. The molecule has 1 heterocycles. The van der Waals surface area contributed by atoms with Gasteiger partial charge in [0.05, 0.1) is 0 Å². The normalized spacial score (nSPS) is 12.9. The molecule has 2 rings (SSSR count). The Balaban J connectivity index is 2.26. The van der Waals surface area contributed by atoms with Crippen molar-refractivity contribution >= 4 is 0 Å². The monoisotopic (exact) mass is 252 g/mol. The fourth-order valence-corrected chi connectivity index (χ4v) is 1.81. The van der Waals surface area contributed by atoms with Crippen LogP contribution in [-0.4, -0.2) is 14.7 Å². The lowest BCUT2D eigenvalue weighted by atomic mass is 10.1. The van der Waals surface area contributed by atoms with E-state index in [4.69, 9.17) is 0 Å². The molecule has 0 aliphatic rings. The number of benzene rings is 1. The van der Waals surface area contributed by atoms with Gasteiger partial charge in [0.2, 0.25) is 0 Å². The summed E-state index contributed by atoms with van der Waals surface area (Å²) in [5.74, 6) is 0.516. The van der Waals surface area contributed by atoms with Gasteiger partial charge in [0, 0.05) is 24.5 Å². The number of nitrogens with zero attached hydrogens (tertiary/aromatic N) is 2. The van der Waals surface area contributed by atoms with Gasteiger partial charge < -0.3 is 9.67 Å². The molecule has 0 amide bonds. The second-order valence-corrected chi connectivity index (χ2v) is 3.94. The first-order valence-corrected chi connectivity index (χ1v) is 5.70. The SMILES string of the molecule is CCn1ccnc1C(O)c1ccc(C(F)F)cc1. The molecule has 0 bridgehead atoms. The first-order valence-electron chi connectivity index (χ1n) is 5.70. The minimum atomic E-state index is -2.49. The van der Waals surface area contributed by atoms with E-state index in [1.54, 1.807) is 12.4 Å². The van der Waals surface area contributed by atoms with Gasteiger partial charge in [-0.2, -0.15) is 0 Å². The maximum absolute atomic E-state index is 12.4. The minimum absolute atomic E-state index is 0.0511. The summed E-state index contributed by atoms with van der Waals surface area (Å²) in [5, 5.41) is 10.2. The Hall–Kier alpha value is -1.75. The Labute approximate surface area is 104 Å². The summed E-state index contributed by atoms with van der Waals surface area (Å²) >= 11 is 0. The highest BCUT2D eigenvalue weighted by Gasteiger charge is 2.16. The van der Waals surface area contributed by atoms with Crippen molar-refractivity contribution in [1.82, 2.24) is 9.55 Å². The summed E-state index contributed by atoms with van der Waals surface area (Å²) in [5.41, 5.74) is 0.505. The highest BCUT2D eigenvalue weighted by atomic mass is 19.3. The van der Waals surface area contributed by atoms with E-state index >= 15 is 0 Å². The molecule has 1 atom stereocenters. The van der Waals surface area contributed by atoms with Gasteiger partial charge >= 0.3 is 0 Å². The van der Waals surface area contributed by atoms with Crippen LogP contribution in [0.2, 0.25) is 0 Å². The van der Waals surface area contributed by atoms with Crippen molar-refractivity contribution in [3.8, 4) is 0 Å². The molecule has 5 heteroatoms. The van der Waals surface area contributed by atoms with E-state index < -0.39 is 12.5 Å². The molecule has 0 spiro atoms. The van der Waals surface area contributed by atoms with E-state index in [1.165, 1.54) is 24.3 Å². The van der Waals surface area contributed by atoms with Crippen molar-refractivity contribution in [2.24, 2.45) is 0 Å². The third-order valence-electron chi connectivity index (χ3n) is 2.84. The number of aryl methyl sites for hydroxylation is 1. The number of aliphatic hydroxyl groups is 1. The second kappa shape index (κ2) is 5.27. The average molecular weight is 252 g/mol. The first-order chi connectivity index (χ1) is 8.63. The van der Waals surface area contributed by atoms with Gasteiger partial charge in [0.1, 0.15) is 11.9 Å². The van der Waals surface area contributed by atoms with Crippen molar-refractivity contribution < 1.29 is 13.9 Å². The maximum Gasteiger partial charge on any atom is 0.263 e. The van der Waals surface area contributed by atoms with Crippen LogP contribution in [0, 0.1) is 0 Å². The fourth-order valence-electron chi connectivity index (χ4n) is 1.81. The van der Waals surface area contributed by atoms with Gasteiger partial charge in [-0.25, -0.2) is 13.8 Å². The Morgan fingerprint density at radius 2 is 1.83 bits per heavy atom. The van der Waals surface area contributed by atoms with Gasteiger partial charge in [-0.1, -0.05) is 24.3 Å². The molecule has 1 aromatic heterocycles. The van der Waals surface area contributed by atoms with Crippen LogP contribution in [-0.2, 0) is 6.54 Å². The molecule has 0 radical (unpaired) electrons. The van der Waals surface area contributed by atoms with Gasteiger partial charge in [-0.05, 0) is 12.5 Å². The van der Waals surface area contributed by atoms with Crippen molar-refractivity contribution in [3.05, 3.63) is 53.6 Å². The van der Waals surface area contributed by atoms with Crippen molar-refractivity contribution in [3.63, 3.8) is 0 Å². The molecule has 18 heavy (non-hydrogen) atoms. The Bertz CT molecular complexity index is 508. The summed E-state index contributed by atoms with van der Waals surface area (Å²) in [6.45, 7) is 2.64. The zero-order valence-electron chi connectivity index (χ0n) is 9.92. The van der Waals surface area contributed by atoms with Crippen LogP contribution < -0.4 is 0 Å². The molecule has 0 saturated carbocycles. The molecule has 3 nitrogen and oxygen atoms in total. The van der Waals surface area contributed by atoms with E-state index in [0.29, 0.717) is 17.9 Å². The zero-order chi connectivity index (χ0) is 13.1. The van der Waals surface area contributed by atoms with Crippen LogP contribution in [0.3, 0.4) is 0 Å². The van der Waals surface area contributed by atoms with Crippen LogP contribution in [0.5, 0.6) is 0 Å². The van der Waals surface area contributed by atoms with Crippen LogP contribution in [0.25, 0.3) is 0 Å². The molecule has 96 valence electrons. The number of aliphatic hydroxyl groups excluding tert-OH is 1. The lowest BCUT2D eigenvalue weighted by Crippen LogP contribution is -2.08. The highest BCUT2D eigenvalue weighted by molar-refractivity contribution is 5.28. The third kappa shape index (κ3) is 2.41. The molecule has 1 aromatic carbocycles. The largest absolute Gasteiger partial charge is 0.380 e. The Kier molecular flexibility index (Phi) is 3.72. The van der Waals surface area contributed by atoms with Crippen LogP contribution in [0.1, 0.15) is 36.4 Å². The average Bonchev–Trinajstić information content (AvgIpc) is 2.86. The van der Waals surface area contributed by atoms with E-state index in [0.717, 1.165) is 0 Å². The zero-order valence-corrected chi connectivity index (χ0v) is 9.92. The topological polar surface area (TPSA) is 38.0 Å². The number of rotatable bonds is 4. The van der Waals surface area contributed by atoms with Crippen molar-refractivity contribution in [1.29, 1.82) is 0 Å². The van der Waals surface area contributed by atoms with Crippen molar-refractivity contribution in [2.75, 3.05) is 0 Å². The van der Waals surface area contributed by atoms with Gasteiger partial charge in [0.15, 0.2) is 0 Å². The first kappa shape index (κ1) is 12.7. The van der Waals surface area contributed by atoms with E-state index in [-0.39, 0.29) is 5.56 Å². The Morgan fingerprint density at radius 1 is 1.22 bits per heavy atom. The number of aromatic nitrogens is 2. The predicted octanol–water partition coefficient (Wildman–Crippen LogP) is 2.92. The minimum Gasteiger partial charge on any atom is -0.380 e. The van der Waals surface area contributed by atoms with E-state index in [2.05, 4.69) is 4.98 Å². The standard InChI is InChI=1S/C13H14F2N2O/c1-2-17-8-7-16-13(17)11(18)9-3-5-10(6-4-9)12(14)15/h3-8,11-12,18H,2H2,1H3. The smallest absolute Gasteiger partial charge is 0.263 e. The third-order valence-corrected chi connectivity index (χ3v) is 2.84. The summed E-state index contributed by atoms with van der Waals surface area (Å²) in [4.78, 5) is 4.09. The lowest BCUT2D eigenvalue weighted by molar-refractivity contribution is 0.151. The summed E-state index contributed by atoms with van der Waals surface area (Å²) in [6.07, 6.45) is -0.0118. The van der Waals surface area contributed by atoms with E-state index in [9.17, 15) is 13.9 Å². The molecule has 2 aromatic rings. The van der Waals surface area contributed by atoms with Gasteiger partial charge in [-0.3, -0.25) is 0 Å². The molecule has 0 aliphatic carbocycles. The quantitative estimate of drug-likeness (QED) is 0.908. The molecule has 0 saturated heterocycles. The molecule has 0 fully saturated rings. The highest BCUT2D eigenvalue weighted by Crippen LogP contribution is 2.24. The maximum atomic E-state index is 12.4. The number of alkyl halides is 2. The summed E-state index contributed by atoms with van der Waals surface area (Å²) in [7, 11) is 0. The number of halogens is 2. The number of imidazole rings is 1. The Morgan fingerprint density at radius 3 is 2.39 bits per heavy atom. The molecular formula is C13H14F2N2O. The predicted molar refractivity (Wildman–Crippen MR) is 63.4 cm³/mol. The van der Waals surface area contributed by atoms with Crippen molar-refractivity contribution in [2.45, 2.75) is 26.0 Å². The molecule has 1 unspecified atom stereocenters. The lowest BCUT2D eigenvalue weighted by Gasteiger charge is -2.12. The van der Waals surface area contributed by atoms with Crippen LogP contribution in [0.15, 0.2) is 36.7 Å². The van der Waals surface area contributed by atoms with Gasteiger partial charge in [0.25, 0.3) is 6.43 Å². The van der Waals surface area contributed by atoms with Crippen LogP contribution in [0.4, 0.5) is 8.78 Å². The second-order valence-electron chi connectivity index (χ2n) is 3.94. The summed E-state index contributed by atoms with van der Waals surface area (Å²) in [6, 6.07) is 5.65.